The Bertz CT molecular complexity index is 839. The van der Waals surface area contributed by atoms with Crippen molar-refractivity contribution in [2.45, 2.75) is 204 Å². The van der Waals surface area contributed by atoms with E-state index < -0.39 is 61.5 Å². The van der Waals surface area contributed by atoms with Crippen molar-refractivity contribution in [1.82, 2.24) is 5.32 Å². The SMILES string of the molecule is CCCCCCCCCC/C=C/CC/C=C/C(O)C(COC1OC(CO)C(O)C(O)C1O)NC(=O)C(O)CCCCCCCCCCCC. The molecule has 0 bridgehead atoms. The molecule has 1 heterocycles. The highest BCUT2D eigenvalue weighted by Gasteiger charge is 2.44. The van der Waals surface area contributed by atoms with E-state index in [1.807, 2.05) is 6.08 Å². The van der Waals surface area contributed by atoms with Crippen LogP contribution >= 0.6 is 0 Å². The van der Waals surface area contributed by atoms with Gasteiger partial charge >= 0.3 is 0 Å². The molecule has 49 heavy (non-hydrogen) atoms. The van der Waals surface area contributed by atoms with Gasteiger partial charge in [-0.15, -0.1) is 0 Å². The van der Waals surface area contributed by atoms with Crippen LogP contribution in [0.25, 0.3) is 0 Å². The summed E-state index contributed by atoms with van der Waals surface area (Å²) in [5.41, 5.74) is 0. The van der Waals surface area contributed by atoms with E-state index in [0.717, 1.165) is 32.1 Å². The third-order valence-electron chi connectivity index (χ3n) is 9.39. The maximum Gasteiger partial charge on any atom is 0.249 e. The number of nitrogens with one attached hydrogen (secondary N) is 1. The van der Waals surface area contributed by atoms with E-state index in [0.29, 0.717) is 19.3 Å². The lowest BCUT2D eigenvalue weighted by Gasteiger charge is -2.40. The molecule has 0 aromatic rings. The average Bonchev–Trinajstić information content (AvgIpc) is 3.10. The van der Waals surface area contributed by atoms with E-state index in [4.69, 9.17) is 9.47 Å². The van der Waals surface area contributed by atoms with E-state index in [1.54, 1.807) is 6.08 Å². The lowest BCUT2D eigenvalue weighted by Crippen LogP contribution is -2.60. The van der Waals surface area contributed by atoms with Gasteiger partial charge in [-0.3, -0.25) is 4.79 Å². The summed E-state index contributed by atoms with van der Waals surface area (Å²) < 4.78 is 11.1. The second-order valence-corrected chi connectivity index (χ2v) is 13.9. The molecule has 10 nitrogen and oxygen atoms in total. The number of rotatable bonds is 31. The summed E-state index contributed by atoms with van der Waals surface area (Å²) >= 11 is 0. The second-order valence-electron chi connectivity index (χ2n) is 13.9. The Morgan fingerprint density at radius 1 is 0.694 bits per heavy atom. The molecule has 1 aliphatic heterocycles. The summed E-state index contributed by atoms with van der Waals surface area (Å²) in [4.78, 5) is 12.9. The highest BCUT2D eigenvalue weighted by molar-refractivity contribution is 5.80. The van der Waals surface area contributed by atoms with Crippen LogP contribution in [0.1, 0.15) is 155 Å². The van der Waals surface area contributed by atoms with E-state index in [2.05, 4.69) is 31.3 Å². The van der Waals surface area contributed by atoms with Crippen LogP contribution in [-0.2, 0) is 14.3 Å². The van der Waals surface area contributed by atoms with Crippen LogP contribution in [0.3, 0.4) is 0 Å². The molecule has 1 fully saturated rings. The number of aliphatic hydroxyl groups excluding tert-OH is 6. The predicted molar refractivity (Wildman–Crippen MR) is 195 cm³/mol. The number of allylic oxidation sites excluding steroid dienone is 3. The fourth-order valence-electron chi connectivity index (χ4n) is 6.06. The zero-order chi connectivity index (χ0) is 36.1. The first-order valence-electron chi connectivity index (χ1n) is 19.7. The molecule has 0 aliphatic carbocycles. The van der Waals surface area contributed by atoms with Crippen molar-refractivity contribution in [1.29, 1.82) is 0 Å². The first-order chi connectivity index (χ1) is 23.8. The summed E-state index contributed by atoms with van der Waals surface area (Å²) in [6.07, 6.45) is 22.7. The molecule has 0 saturated carbocycles. The highest BCUT2D eigenvalue weighted by atomic mass is 16.7. The number of amides is 1. The summed E-state index contributed by atoms with van der Waals surface area (Å²) in [7, 11) is 0. The number of carbonyl (C=O) groups excluding carboxylic acids is 1. The smallest absolute Gasteiger partial charge is 0.249 e. The molecule has 1 aliphatic rings. The molecule has 10 heteroatoms. The summed E-state index contributed by atoms with van der Waals surface area (Å²) in [5, 5.41) is 64.2. The van der Waals surface area contributed by atoms with Crippen molar-refractivity contribution < 1.29 is 44.9 Å². The van der Waals surface area contributed by atoms with Gasteiger partial charge in [0.2, 0.25) is 5.91 Å². The van der Waals surface area contributed by atoms with Crippen LogP contribution in [0.4, 0.5) is 0 Å². The minimum absolute atomic E-state index is 0.305. The van der Waals surface area contributed by atoms with E-state index in [9.17, 15) is 35.4 Å². The largest absolute Gasteiger partial charge is 0.394 e. The third-order valence-corrected chi connectivity index (χ3v) is 9.39. The highest BCUT2D eigenvalue weighted by Crippen LogP contribution is 2.22. The Balaban J connectivity index is 2.56. The molecule has 1 saturated heterocycles. The van der Waals surface area contributed by atoms with Crippen LogP contribution in [0, 0.1) is 0 Å². The number of ether oxygens (including phenoxy) is 2. The van der Waals surface area contributed by atoms with Gasteiger partial charge in [-0.1, -0.05) is 147 Å². The van der Waals surface area contributed by atoms with E-state index in [-0.39, 0.29) is 6.61 Å². The van der Waals surface area contributed by atoms with Crippen molar-refractivity contribution in [3.05, 3.63) is 24.3 Å². The molecular formula is C39H73NO9. The average molecular weight is 700 g/mol. The maximum atomic E-state index is 12.9. The van der Waals surface area contributed by atoms with Gasteiger partial charge < -0.3 is 45.4 Å². The first kappa shape index (κ1) is 45.7. The third kappa shape index (κ3) is 21.6. The molecule has 288 valence electrons. The predicted octanol–water partition coefficient (Wildman–Crippen LogP) is 5.74. The monoisotopic (exact) mass is 700 g/mol. The number of carbonyl (C=O) groups is 1. The molecule has 8 atom stereocenters. The minimum atomic E-state index is -1.61. The molecule has 7 N–H and O–H groups in total. The lowest BCUT2D eigenvalue weighted by molar-refractivity contribution is -0.302. The van der Waals surface area contributed by atoms with Crippen molar-refractivity contribution >= 4 is 5.91 Å². The molecular weight excluding hydrogens is 626 g/mol. The standard InChI is InChI=1S/C39H73NO9/c1-3-5-7-9-11-13-15-16-17-18-20-21-23-25-27-32(42)31(30-48-39-37(46)36(45)35(44)34(29-41)49-39)40-38(47)33(43)28-26-24-22-19-14-12-10-8-6-4-2/h18,20,25,27,31-37,39,41-46H,3-17,19,21-24,26,28-30H2,1-2H3,(H,40,47)/b20-18+,27-25+. The van der Waals surface area contributed by atoms with Gasteiger partial charge in [0.25, 0.3) is 0 Å². The van der Waals surface area contributed by atoms with Crippen LogP contribution in [0.2, 0.25) is 0 Å². The van der Waals surface area contributed by atoms with Crippen molar-refractivity contribution in [3.8, 4) is 0 Å². The lowest BCUT2D eigenvalue weighted by atomic mass is 9.99. The Morgan fingerprint density at radius 3 is 1.78 bits per heavy atom. The van der Waals surface area contributed by atoms with Crippen LogP contribution in [0.15, 0.2) is 24.3 Å². The van der Waals surface area contributed by atoms with E-state index >= 15 is 0 Å². The number of hydrogen-bond donors (Lipinski definition) is 7. The molecule has 8 unspecified atom stereocenters. The van der Waals surface area contributed by atoms with Crippen molar-refractivity contribution in [3.63, 3.8) is 0 Å². The van der Waals surface area contributed by atoms with Gasteiger partial charge in [0.05, 0.1) is 25.4 Å². The Labute approximate surface area is 297 Å². The zero-order valence-electron chi connectivity index (χ0n) is 30.8. The maximum absolute atomic E-state index is 12.9. The molecule has 0 spiro atoms. The minimum Gasteiger partial charge on any atom is -0.394 e. The van der Waals surface area contributed by atoms with Gasteiger partial charge in [-0.05, 0) is 32.1 Å². The Morgan fingerprint density at radius 2 is 1.20 bits per heavy atom. The number of hydrogen-bond acceptors (Lipinski definition) is 9. The Hall–Kier alpha value is -1.37. The summed E-state index contributed by atoms with van der Waals surface area (Å²) in [6, 6.07) is -0.990. The topological polar surface area (TPSA) is 169 Å². The summed E-state index contributed by atoms with van der Waals surface area (Å²) in [6.45, 7) is 3.53. The molecule has 0 aromatic carbocycles. The van der Waals surface area contributed by atoms with Crippen LogP contribution < -0.4 is 5.32 Å². The quantitative estimate of drug-likeness (QED) is 0.0352. The zero-order valence-corrected chi connectivity index (χ0v) is 30.8. The van der Waals surface area contributed by atoms with Gasteiger partial charge in [0.1, 0.15) is 30.5 Å². The van der Waals surface area contributed by atoms with Gasteiger partial charge in [-0.25, -0.2) is 0 Å². The molecule has 1 amide bonds. The fraction of sp³-hybridized carbons (Fsp3) is 0.872. The summed E-state index contributed by atoms with van der Waals surface area (Å²) in [5.74, 6) is -0.630. The Kier molecular flexibility index (Phi) is 28.2. The van der Waals surface area contributed by atoms with Gasteiger partial charge in [-0.2, -0.15) is 0 Å². The number of aliphatic hydroxyl groups is 6. The van der Waals surface area contributed by atoms with Crippen molar-refractivity contribution in [2.75, 3.05) is 13.2 Å². The van der Waals surface area contributed by atoms with Gasteiger partial charge in [0.15, 0.2) is 6.29 Å². The first-order valence-corrected chi connectivity index (χ1v) is 19.7. The van der Waals surface area contributed by atoms with Crippen molar-refractivity contribution in [2.24, 2.45) is 0 Å². The number of unbranched alkanes of at least 4 members (excludes halogenated alkanes) is 18. The molecule has 0 aromatic heterocycles. The van der Waals surface area contributed by atoms with E-state index in [1.165, 1.54) is 89.9 Å². The molecule has 0 radical (unpaired) electrons. The van der Waals surface area contributed by atoms with Gasteiger partial charge in [0, 0.05) is 0 Å². The van der Waals surface area contributed by atoms with Crippen LogP contribution in [0.5, 0.6) is 0 Å². The molecule has 1 rings (SSSR count). The second kappa shape index (κ2) is 30.3. The normalized spacial score (nSPS) is 23.3. The fourth-order valence-corrected chi connectivity index (χ4v) is 6.06. The van der Waals surface area contributed by atoms with Crippen LogP contribution in [-0.4, -0.2) is 98.7 Å².